The number of phenols is 1. The fourth-order valence-corrected chi connectivity index (χ4v) is 7.51. The molecule has 2 aliphatic rings. The van der Waals surface area contributed by atoms with E-state index in [0.717, 1.165) is 33.7 Å². The number of aromatic hydroxyl groups is 1. The number of carbonyl (C=O) groups excluding carboxylic acids is 2. The van der Waals surface area contributed by atoms with Crippen LogP contribution in [0, 0.1) is 21.3 Å². The molecule has 5 N–H and O–H groups in total. The number of fused-ring (bicyclic) bond motifs is 1. The Kier molecular flexibility index (Phi) is 11.2. The molecule has 0 spiro atoms. The van der Waals surface area contributed by atoms with Crippen LogP contribution in [0.4, 0.5) is 5.69 Å². The molecule has 1 aliphatic carbocycles. The van der Waals surface area contributed by atoms with E-state index < -0.39 is 49.4 Å². The summed E-state index contributed by atoms with van der Waals surface area (Å²) < 4.78 is 5.97. The normalized spacial score (nSPS) is 20.4. The van der Waals surface area contributed by atoms with E-state index in [0.29, 0.717) is 34.2 Å². The number of methoxy groups -OCH3 is 1. The zero-order chi connectivity index (χ0) is 33.8. The molecule has 1 saturated heterocycles. The van der Waals surface area contributed by atoms with Gasteiger partial charge in [0.15, 0.2) is 11.5 Å². The Morgan fingerprint density at radius 2 is 1.94 bits per heavy atom. The summed E-state index contributed by atoms with van der Waals surface area (Å²) >= 11 is 2.04. The topological polar surface area (TPSA) is 161 Å². The van der Waals surface area contributed by atoms with Gasteiger partial charge in [-0.25, -0.2) is 0 Å². The van der Waals surface area contributed by atoms with Gasteiger partial charge in [-0.3, -0.25) is 19.5 Å². The van der Waals surface area contributed by atoms with Crippen molar-refractivity contribution in [3.05, 3.63) is 86.8 Å². The Bertz CT molecular complexity index is 1700. The summed E-state index contributed by atoms with van der Waals surface area (Å²) in [4.78, 5) is 33.3. The molecule has 1 aromatic heterocycles. The lowest BCUT2D eigenvalue weighted by Gasteiger charge is -2.36. The van der Waals surface area contributed by atoms with Gasteiger partial charge in [0.2, 0.25) is 11.8 Å². The smallest absolute Gasteiger partial charge is 0.488 e. The number of phenolic OH excluding ortho intramolecular Hbond substituents is 1. The second-order valence-electron chi connectivity index (χ2n) is 11.9. The minimum absolute atomic E-state index is 0.0540. The molecule has 4 atom stereocenters. The number of hydrogen-bond acceptors (Lipinski definition) is 9. The first kappa shape index (κ1) is 34.8. The number of aromatic nitrogens is 1. The van der Waals surface area contributed by atoms with Gasteiger partial charge in [-0.05, 0) is 113 Å². The lowest BCUT2D eigenvalue weighted by atomic mass is 9.67. The highest BCUT2D eigenvalue weighted by Gasteiger charge is 2.55. The van der Waals surface area contributed by atoms with Gasteiger partial charge in [0, 0.05) is 12.1 Å². The van der Waals surface area contributed by atoms with E-state index >= 15 is 0 Å². The third-order valence-corrected chi connectivity index (χ3v) is 9.83. The van der Waals surface area contributed by atoms with E-state index in [9.17, 15) is 35.0 Å². The summed E-state index contributed by atoms with van der Waals surface area (Å²) in [6.45, 7) is 1.59. The number of benzene rings is 2. The maximum Gasteiger partial charge on any atom is 0.488 e. The van der Waals surface area contributed by atoms with E-state index in [1.807, 2.05) is 59.9 Å². The fourth-order valence-electron chi connectivity index (χ4n) is 6.89. The van der Waals surface area contributed by atoms with Crippen LogP contribution in [0.3, 0.4) is 0 Å². The van der Waals surface area contributed by atoms with Gasteiger partial charge in [-0.15, -0.1) is 0 Å². The number of halogens is 1. The monoisotopic (exact) mass is 752 g/mol. The quantitative estimate of drug-likeness (QED) is 0.0806. The highest BCUT2D eigenvalue weighted by molar-refractivity contribution is 14.1. The molecule has 246 valence electrons. The van der Waals surface area contributed by atoms with E-state index in [-0.39, 0.29) is 23.3 Å². The number of pyridine rings is 1. The molecule has 0 saturated carbocycles. The molecule has 1 aliphatic heterocycles. The van der Waals surface area contributed by atoms with Crippen LogP contribution < -0.4 is 15.1 Å². The molecule has 47 heavy (non-hydrogen) atoms. The van der Waals surface area contributed by atoms with Gasteiger partial charge in [-0.2, -0.15) is 0 Å². The van der Waals surface area contributed by atoms with Crippen molar-refractivity contribution in [1.82, 2.24) is 4.98 Å². The molecule has 3 aromatic rings. The lowest BCUT2D eigenvalue weighted by Crippen LogP contribution is -2.39. The van der Waals surface area contributed by atoms with Crippen molar-refractivity contribution >= 4 is 64.3 Å². The van der Waals surface area contributed by atoms with Crippen LogP contribution in [0.5, 0.6) is 11.5 Å². The van der Waals surface area contributed by atoms with Gasteiger partial charge in [0.1, 0.15) is 0 Å². The van der Waals surface area contributed by atoms with Crippen molar-refractivity contribution in [3.8, 4) is 11.5 Å². The van der Waals surface area contributed by atoms with Crippen LogP contribution in [0.1, 0.15) is 50.3 Å². The predicted molar refractivity (Wildman–Crippen MR) is 188 cm³/mol. The first-order valence-electron chi connectivity index (χ1n) is 15.6. The molecule has 2 aromatic carbocycles. The Labute approximate surface area is 287 Å². The second kappa shape index (κ2) is 15.1. The third kappa shape index (κ3) is 7.16. The first-order chi connectivity index (χ1) is 22.6. The molecule has 12 heteroatoms. The Morgan fingerprint density at radius 3 is 2.60 bits per heavy atom. The van der Waals surface area contributed by atoms with Crippen molar-refractivity contribution in [3.63, 3.8) is 0 Å². The number of rotatable bonds is 12. The summed E-state index contributed by atoms with van der Waals surface area (Å²) in [5.41, 5.74) is 4.21. The lowest BCUT2D eigenvalue weighted by molar-refractivity contribution is -0.123. The molecular formula is C35H38BIN2O8. The van der Waals surface area contributed by atoms with Crippen LogP contribution in [-0.2, 0) is 9.59 Å². The van der Waals surface area contributed by atoms with Gasteiger partial charge in [0.25, 0.3) is 0 Å². The summed E-state index contributed by atoms with van der Waals surface area (Å²) in [5, 5.41) is 52.2. The van der Waals surface area contributed by atoms with E-state index in [1.165, 1.54) is 19.2 Å². The van der Waals surface area contributed by atoms with Crippen LogP contribution >= 0.6 is 22.6 Å². The van der Waals surface area contributed by atoms with Crippen molar-refractivity contribution in [2.75, 3.05) is 18.6 Å². The Balaban J connectivity index is 1.46. The standard InChI is InChI=1S/C35H38BIN2O8/c1-3-7-22-17-25-32(35(44)39(34(25)43)24-9-6-8-23(18-24)36(45)46)26(19-40)31(22)29(41)12-11-21(28-10-4-5-13-38-28)14-20-15-27(37)33(42)30(16-20)47-2/h4-6,8-10,13-16,18,25-26,29,32,40-42,45-46H,3,7,11-12,17,19H2,1-2H3/b21-14-/t25-,26+,29-,32-/m1/s1. The largest absolute Gasteiger partial charge is 0.504 e. The number of anilines is 1. The predicted octanol–water partition coefficient (Wildman–Crippen LogP) is 3.68. The number of nitrogens with zero attached hydrogens (tertiary/aromatic N) is 2. The summed E-state index contributed by atoms with van der Waals surface area (Å²) in [7, 11) is -0.277. The third-order valence-electron chi connectivity index (χ3n) is 9.01. The number of aliphatic hydroxyl groups excluding tert-OH is 2. The van der Waals surface area contributed by atoms with Crippen molar-refractivity contribution in [2.45, 2.75) is 45.1 Å². The molecule has 0 bridgehead atoms. The van der Waals surface area contributed by atoms with Crippen molar-refractivity contribution in [2.24, 2.45) is 17.8 Å². The first-order valence-corrected chi connectivity index (χ1v) is 16.7. The number of hydrogen-bond donors (Lipinski definition) is 5. The van der Waals surface area contributed by atoms with Crippen LogP contribution in [0.2, 0.25) is 0 Å². The molecule has 2 amide bonds. The molecule has 10 nitrogen and oxygen atoms in total. The highest BCUT2D eigenvalue weighted by Crippen LogP contribution is 2.48. The minimum atomic E-state index is -1.76. The maximum atomic E-state index is 13.9. The van der Waals surface area contributed by atoms with Crippen LogP contribution in [0.15, 0.2) is 71.9 Å². The molecule has 0 radical (unpaired) electrons. The molecular weight excluding hydrogens is 714 g/mol. The van der Waals surface area contributed by atoms with Crippen LogP contribution in [0.25, 0.3) is 11.6 Å². The van der Waals surface area contributed by atoms with Crippen molar-refractivity contribution < 1.29 is 39.7 Å². The molecule has 1 fully saturated rings. The zero-order valence-corrected chi connectivity index (χ0v) is 28.4. The fraction of sp³-hybridized carbons (Fsp3) is 0.343. The molecule has 2 heterocycles. The number of aliphatic hydroxyl groups is 2. The van der Waals surface area contributed by atoms with E-state index in [1.54, 1.807) is 24.4 Å². The number of imide groups is 1. The van der Waals surface area contributed by atoms with E-state index in [2.05, 4.69) is 4.98 Å². The number of carbonyl (C=O) groups is 2. The maximum absolute atomic E-state index is 13.9. The Hall–Kier alpha value is -3.56. The summed E-state index contributed by atoms with van der Waals surface area (Å²) in [5.74, 6) is -2.81. The summed E-state index contributed by atoms with van der Waals surface area (Å²) in [6.07, 6.45) is 4.96. The molecule has 5 rings (SSSR count). The number of amides is 2. The Morgan fingerprint density at radius 1 is 1.15 bits per heavy atom. The van der Waals surface area contributed by atoms with Crippen LogP contribution in [-0.4, -0.2) is 69.1 Å². The second-order valence-corrected chi connectivity index (χ2v) is 13.1. The van der Waals surface area contributed by atoms with E-state index in [4.69, 9.17) is 4.74 Å². The van der Waals surface area contributed by atoms with Gasteiger partial charge >= 0.3 is 7.12 Å². The highest BCUT2D eigenvalue weighted by atomic mass is 127. The number of ether oxygens (including phenoxy) is 1. The van der Waals surface area contributed by atoms with Crippen molar-refractivity contribution in [1.29, 1.82) is 0 Å². The summed E-state index contributed by atoms with van der Waals surface area (Å²) in [6, 6.07) is 15.1. The average molecular weight is 752 g/mol. The molecule has 0 unspecified atom stereocenters. The zero-order valence-electron chi connectivity index (χ0n) is 26.2. The average Bonchev–Trinajstić information content (AvgIpc) is 3.32. The van der Waals surface area contributed by atoms with Gasteiger partial charge < -0.3 is 30.1 Å². The van der Waals surface area contributed by atoms with Gasteiger partial charge in [-0.1, -0.05) is 37.1 Å². The SMILES string of the molecule is CCCC1=C([C@H](O)CC/C(=C/c2cc(I)c(O)c(OC)c2)c2ccccn2)[C@H](CO)[C@@H]2C(=O)N(c3cccc(B(O)O)c3)C(=O)[C@@H]2C1. The number of allylic oxidation sites excluding steroid dienone is 2. The van der Waals surface area contributed by atoms with Gasteiger partial charge in [0.05, 0.1) is 46.6 Å². The minimum Gasteiger partial charge on any atom is -0.504 e.